The molecule has 1 unspecified atom stereocenters. The molecule has 0 saturated carbocycles. The zero-order valence-electron chi connectivity index (χ0n) is 17.9. The van der Waals surface area contributed by atoms with Gasteiger partial charge >= 0.3 is 0 Å². The highest BCUT2D eigenvalue weighted by Gasteiger charge is 2.24. The first-order valence-electron chi connectivity index (χ1n) is 10.2. The SMILES string of the molecule is Cc1cc(C)n2nc(SC(C)C(=O)N(Cc3ccccc3)Cc3ccccc3)nc2n1. The summed E-state index contributed by atoms with van der Waals surface area (Å²) in [4.78, 5) is 24.3. The summed E-state index contributed by atoms with van der Waals surface area (Å²) in [6.07, 6.45) is 0. The van der Waals surface area contributed by atoms with E-state index in [1.807, 2.05) is 92.4 Å². The van der Waals surface area contributed by atoms with Gasteiger partial charge < -0.3 is 4.90 Å². The third kappa shape index (κ3) is 5.11. The lowest BCUT2D eigenvalue weighted by Gasteiger charge is -2.25. The number of fused-ring (bicyclic) bond motifs is 1. The molecule has 2 aromatic carbocycles. The fraction of sp³-hybridized carbons (Fsp3) is 0.250. The average Bonchev–Trinajstić information content (AvgIpc) is 3.17. The highest BCUT2D eigenvalue weighted by molar-refractivity contribution is 8.00. The number of aryl methyl sites for hydroxylation is 2. The van der Waals surface area contributed by atoms with Crippen LogP contribution in [-0.2, 0) is 17.9 Å². The van der Waals surface area contributed by atoms with E-state index in [0.717, 1.165) is 22.5 Å². The zero-order chi connectivity index (χ0) is 21.8. The van der Waals surface area contributed by atoms with E-state index in [1.165, 1.54) is 11.8 Å². The summed E-state index contributed by atoms with van der Waals surface area (Å²) in [6, 6.07) is 22.1. The van der Waals surface area contributed by atoms with Crippen LogP contribution < -0.4 is 0 Å². The summed E-state index contributed by atoms with van der Waals surface area (Å²) < 4.78 is 1.72. The minimum atomic E-state index is -0.328. The summed E-state index contributed by atoms with van der Waals surface area (Å²) in [5, 5.41) is 4.77. The van der Waals surface area contributed by atoms with Crippen molar-refractivity contribution in [1.82, 2.24) is 24.5 Å². The topological polar surface area (TPSA) is 63.4 Å². The van der Waals surface area contributed by atoms with Gasteiger partial charge in [-0.3, -0.25) is 4.79 Å². The minimum Gasteiger partial charge on any atom is -0.333 e. The Morgan fingerprint density at radius 2 is 1.55 bits per heavy atom. The Kier molecular flexibility index (Phi) is 6.32. The maximum Gasteiger partial charge on any atom is 0.253 e. The van der Waals surface area contributed by atoms with E-state index in [-0.39, 0.29) is 11.2 Å². The van der Waals surface area contributed by atoms with Crippen LogP contribution in [-0.4, -0.2) is 35.6 Å². The monoisotopic (exact) mass is 431 g/mol. The van der Waals surface area contributed by atoms with Gasteiger partial charge in [-0.25, -0.2) is 9.50 Å². The van der Waals surface area contributed by atoms with E-state index in [2.05, 4.69) is 15.1 Å². The van der Waals surface area contributed by atoms with Gasteiger partial charge in [-0.15, -0.1) is 5.10 Å². The quantitative estimate of drug-likeness (QED) is 0.405. The number of carbonyl (C=O) groups is 1. The Hall–Kier alpha value is -3.19. The van der Waals surface area contributed by atoms with Gasteiger partial charge in [-0.05, 0) is 38.0 Å². The molecule has 4 rings (SSSR count). The Balaban J connectivity index is 1.54. The van der Waals surface area contributed by atoms with E-state index in [0.29, 0.717) is 24.0 Å². The Bertz CT molecular complexity index is 1140. The van der Waals surface area contributed by atoms with Crippen LogP contribution in [0.1, 0.15) is 29.4 Å². The van der Waals surface area contributed by atoms with Gasteiger partial charge in [-0.1, -0.05) is 72.4 Å². The summed E-state index contributed by atoms with van der Waals surface area (Å²) >= 11 is 1.37. The zero-order valence-corrected chi connectivity index (χ0v) is 18.7. The number of hydrogen-bond donors (Lipinski definition) is 0. The van der Waals surface area contributed by atoms with Crippen molar-refractivity contribution in [1.29, 1.82) is 0 Å². The number of benzene rings is 2. The van der Waals surface area contributed by atoms with Crippen molar-refractivity contribution in [3.8, 4) is 0 Å². The van der Waals surface area contributed by atoms with Crippen LogP contribution in [0.2, 0.25) is 0 Å². The van der Waals surface area contributed by atoms with Gasteiger partial charge in [0.15, 0.2) is 0 Å². The van der Waals surface area contributed by atoms with E-state index in [9.17, 15) is 4.79 Å². The first kappa shape index (κ1) is 21.1. The second-order valence-corrected chi connectivity index (χ2v) is 8.88. The highest BCUT2D eigenvalue weighted by atomic mass is 32.2. The number of hydrogen-bond acceptors (Lipinski definition) is 5. The largest absolute Gasteiger partial charge is 0.333 e. The first-order valence-corrected chi connectivity index (χ1v) is 11.1. The first-order chi connectivity index (χ1) is 15.0. The molecule has 2 heterocycles. The molecule has 4 aromatic rings. The number of amides is 1. The molecule has 0 aliphatic rings. The fourth-order valence-corrected chi connectivity index (χ4v) is 4.31. The molecular weight excluding hydrogens is 406 g/mol. The summed E-state index contributed by atoms with van der Waals surface area (Å²) in [6.45, 7) is 6.93. The molecule has 0 aliphatic heterocycles. The standard InChI is InChI=1S/C24H25N5OS/c1-17-14-18(2)29-23(25-17)26-24(27-29)31-19(3)22(30)28(15-20-10-6-4-7-11-20)16-21-12-8-5-9-13-21/h4-14,19H,15-16H2,1-3H3. The predicted molar refractivity (Wildman–Crippen MR) is 123 cm³/mol. The second-order valence-electron chi connectivity index (χ2n) is 7.57. The molecule has 2 aromatic heterocycles. The molecular formula is C24H25N5OS. The molecule has 1 amide bonds. The van der Waals surface area contributed by atoms with Crippen molar-refractivity contribution in [2.45, 2.75) is 44.3 Å². The average molecular weight is 432 g/mol. The Morgan fingerprint density at radius 3 is 2.13 bits per heavy atom. The molecule has 0 spiro atoms. The number of rotatable bonds is 7. The van der Waals surface area contributed by atoms with E-state index in [4.69, 9.17) is 0 Å². The molecule has 0 bridgehead atoms. The third-order valence-electron chi connectivity index (χ3n) is 4.97. The van der Waals surface area contributed by atoms with E-state index < -0.39 is 0 Å². The van der Waals surface area contributed by atoms with Crippen molar-refractivity contribution in [3.63, 3.8) is 0 Å². The van der Waals surface area contributed by atoms with Crippen molar-refractivity contribution < 1.29 is 4.79 Å². The number of nitrogens with zero attached hydrogens (tertiary/aromatic N) is 5. The number of aromatic nitrogens is 4. The van der Waals surface area contributed by atoms with Crippen LogP contribution in [0.15, 0.2) is 71.9 Å². The van der Waals surface area contributed by atoms with Gasteiger partial charge in [0.2, 0.25) is 11.1 Å². The molecule has 0 aliphatic carbocycles. The Labute approximate surface area is 186 Å². The van der Waals surface area contributed by atoms with Gasteiger partial charge in [-0.2, -0.15) is 4.98 Å². The van der Waals surface area contributed by atoms with Crippen LogP contribution in [0, 0.1) is 13.8 Å². The normalized spacial score (nSPS) is 12.1. The fourth-order valence-electron chi connectivity index (χ4n) is 3.48. The molecule has 1 atom stereocenters. The molecule has 31 heavy (non-hydrogen) atoms. The van der Waals surface area contributed by atoms with Gasteiger partial charge in [0.05, 0.1) is 5.25 Å². The van der Waals surface area contributed by atoms with Gasteiger partial charge in [0, 0.05) is 24.5 Å². The van der Waals surface area contributed by atoms with E-state index >= 15 is 0 Å². The summed E-state index contributed by atoms with van der Waals surface area (Å²) in [7, 11) is 0. The summed E-state index contributed by atoms with van der Waals surface area (Å²) in [5.74, 6) is 0.613. The molecule has 158 valence electrons. The lowest BCUT2D eigenvalue weighted by Crippen LogP contribution is -2.35. The lowest BCUT2D eigenvalue weighted by atomic mass is 10.1. The molecule has 0 radical (unpaired) electrons. The van der Waals surface area contributed by atoms with Crippen LogP contribution >= 0.6 is 11.8 Å². The van der Waals surface area contributed by atoms with Crippen LogP contribution in [0.3, 0.4) is 0 Å². The molecule has 0 saturated heterocycles. The number of thioether (sulfide) groups is 1. The smallest absolute Gasteiger partial charge is 0.253 e. The minimum absolute atomic E-state index is 0.0532. The van der Waals surface area contributed by atoms with Crippen LogP contribution in [0.25, 0.3) is 5.78 Å². The molecule has 0 fully saturated rings. The predicted octanol–water partition coefficient (Wildman–Crippen LogP) is 4.45. The van der Waals surface area contributed by atoms with Gasteiger partial charge in [0.25, 0.3) is 5.78 Å². The van der Waals surface area contributed by atoms with Crippen LogP contribution in [0.5, 0.6) is 0 Å². The second kappa shape index (κ2) is 9.31. The maximum atomic E-state index is 13.4. The van der Waals surface area contributed by atoms with Crippen molar-refractivity contribution in [2.75, 3.05) is 0 Å². The van der Waals surface area contributed by atoms with E-state index in [1.54, 1.807) is 4.52 Å². The third-order valence-corrected chi connectivity index (χ3v) is 5.91. The van der Waals surface area contributed by atoms with Gasteiger partial charge in [0.1, 0.15) is 0 Å². The van der Waals surface area contributed by atoms with Crippen molar-refractivity contribution in [3.05, 3.63) is 89.2 Å². The van der Waals surface area contributed by atoms with Crippen molar-refractivity contribution >= 4 is 23.4 Å². The Morgan fingerprint density at radius 1 is 0.968 bits per heavy atom. The molecule has 0 N–H and O–H groups in total. The maximum absolute atomic E-state index is 13.4. The summed E-state index contributed by atoms with van der Waals surface area (Å²) in [5.41, 5.74) is 4.07. The highest BCUT2D eigenvalue weighted by Crippen LogP contribution is 2.24. The molecule has 7 heteroatoms. The molecule has 6 nitrogen and oxygen atoms in total. The lowest BCUT2D eigenvalue weighted by molar-refractivity contribution is -0.131. The number of carbonyl (C=O) groups excluding carboxylic acids is 1. The van der Waals surface area contributed by atoms with Crippen LogP contribution in [0.4, 0.5) is 0 Å². The van der Waals surface area contributed by atoms with Crippen molar-refractivity contribution in [2.24, 2.45) is 0 Å².